The van der Waals surface area contributed by atoms with Crippen molar-refractivity contribution in [3.8, 4) is 0 Å². The number of hydrogen-bond donors (Lipinski definition) is 1. The molecule has 2 N–H and O–H groups in total. The van der Waals surface area contributed by atoms with Crippen molar-refractivity contribution >= 4 is 22.5 Å². The van der Waals surface area contributed by atoms with Crippen molar-refractivity contribution in [1.29, 1.82) is 0 Å². The summed E-state index contributed by atoms with van der Waals surface area (Å²) in [6, 6.07) is 6.63. The maximum absolute atomic E-state index is 6.21. The topological polar surface area (TPSA) is 30.9 Å². The average Bonchev–Trinajstić information content (AvgIpc) is 2.96. The van der Waals surface area contributed by atoms with Crippen LogP contribution in [0.25, 0.3) is 10.9 Å². The third-order valence-electron chi connectivity index (χ3n) is 4.51. The number of halogens is 1. The molecular weight excluding hydrogens is 244 g/mol. The minimum absolute atomic E-state index is 0.199. The molecule has 1 aromatic carbocycles. The third kappa shape index (κ3) is 1.67. The van der Waals surface area contributed by atoms with Gasteiger partial charge in [0.25, 0.3) is 0 Å². The Bertz CT molecular complexity index is 579. The van der Waals surface area contributed by atoms with E-state index < -0.39 is 0 Å². The highest BCUT2D eigenvalue weighted by molar-refractivity contribution is 6.35. The molecule has 1 heterocycles. The molecular formula is C15H19ClN2. The summed E-state index contributed by atoms with van der Waals surface area (Å²) in [5, 5.41) is 1.96. The van der Waals surface area contributed by atoms with Crippen LogP contribution in [0.1, 0.15) is 31.2 Å². The second kappa shape index (κ2) is 4.29. The van der Waals surface area contributed by atoms with E-state index in [2.05, 4.69) is 22.8 Å². The number of aromatic nitrogens is 1. The van der Waals surface area contributed by atoms with E-state index in [1.54, 1.807) is 0 Å². The summed E-state index contributed by atoms with van der Waals surface area (Å²) in [6.07, 6.45) is 6.99. The van der Waals surface area contributed by atoms with Gasteiger partial charge in [0, 0.05) is 36.1 Å². The first-order chi connectivity index (χ1) is 8.66. The Labute approximate surface area is 113 Å². The normalized spacial score (nSPS) is 18.6. The third-order valence-corrected chi connectivity index (χ3v) is 4.81. The highest BCUT2D eigenvalue weighted by Gasteiger charge is 2.34. The summed E-state index contributed by atoms with van der Waals surface area (Å²) >= 11 is 6.21. The van der Waals surface area contributed by atoms with Gasteiger partial charge in [0.15, 0.2) is 0 Å². The van der Waals surface area contributed by atoms with E-state index in [4.69, 9.17) is 17.3 Å². The van der Waals surface area contributed by atoms with Crippen LogP contribution < -0.4 is 5.73 Å². The molecule has 1 aliphatic rings. The molecule has 1 aromatic heterocycles. The van der Waals surface area contributed by atoms with E-state index in [9.17, 15) is 0 Å². The minimum atomic E-state index is 0.199. The molecule has 3 rings (SSSR count). The van der Waals surface area contributed by atoms with Gasteiger partial charge in [0.2, 0.25) is 0 Å². The fourth-order valence-electron chi connectivity index (χ4n) is 3.33. The summed E-state index contributed by atoms with van der Waals surface area (Å²) < 4.78 is 2.10. The van der Waals surface area contributed by atoms with E-state index in [0.717, 1.165) is 17.0 Å². The summed E-state index contributed by atoms with van der Waals surface area (Å²) in [7, 11) is 2.04. The van der Waals surface area contributed by atoms with Crippen molar-refractivity contribution in [3.63, 3.8) is 0 Å². The number of fused-ring (bicyclic) bond motifs is 1. The maximum atomic E-state index is 6.21. The number of rotatable bonds is 2. The first kappa shape index (κ1) is 12.1. The van der Waals surface area contributed by atoms with Crippen LogP contribution in [0, 0.1) is 0 Å². The van der Waals surface area contributed by atoms with Crippen molar-refractivity contribution in [3.05, 3.63) is 35.0 Å². The summed E-state index contributed by atoms with van der Waals surface area (Å²) in [6.45, 7) is 0.747. The molecule has 0 amide bonds. The Hall–Kier alpha value is -0.990. The van der Waals surface area contributed by atoms with Gasteiger partial charge in [-0.3, -0.25) is 0 Å². The Kier molecular flexibility index (Phi) is 2.87. The van der Waals surface area contributed by atoms with Crippen LogP contribution in [0.5, 0.6) is 0 Å². The van der Waals surface area contributed by atoms with Crippen molar-refractivity contribution in [2.24, 2.45) is 12.8 Å². The second-order valence-corrected chi connectivity index (χ2v) is 5.92. The Balaban J connectivity index is 2.15. The summed E-state index contributed by atoms with van der Waals surface area (Å²) in [5.74, 6) is 0. The molecule has 0 aliphatic heterocycles. The molecule has 0 saturated heterocycles. The fourth-order valence-corrected chi connectivity index (χ4v) is 3.63. The second-order valence-electron chi connectivity index (χ2n) is 5.51. The number of nitrogens with zero attached hydrogens (tertiary/aromatic N) is 1. The van der Waals surface area contributed by atoms with Gasteiger partial charge < -0.3 is 10.3 Å². The largest absolute Gasteiger partial charge is 0.349 e. The van der Waals surface area contributed by atoms with Crippen molar-refractivity contribution in [1.82, 2.24) is 4.57 Å². The molecule has 1 fully saturated rings. The van der Waals surface area contributed by atoms with E-state index >= 15 is 0 Å². The molecule has 0 spiro atoms. The van der Waals surface area contributed by atoms with Crippen LogP contribution >= 0.6 is 11.6 Å². The molecule has 0 unspecified atom stereocenters. The van der Waals surface area contributed by atoms with Crippen molar-refractivity contribution < 1.29 is 0 Å². The molecule has 0 radical (unpaired) electrons. The lowest BCUT2D eigenvalue weighted by atomic mass is 9.79. The van der Waals surface area contributed by atoms with Gasteiger partial charge in [-0.15, -0.1) is 0 Å². The van der Waals surface area contributed by atoms with Gasteiger partial charge in [-0.25, -0.2) is 0 Å². The molecule has 0 atom stereocenters. The number of hydrogen-bond acceptors (Lipinski definition) is 1. The standard InChI is InChI=1S/C15H19ClN2/c1-18-9-13(16)12-5-4-11(8-14(12)18)15(10-17)6-2-3-7-15/h4-5,8-9H,2-3,6-7,10,17H2,1H3. The number of benzene rings is 1. The molecule has 2 nitrogen and oxygen atoms in total. The van der Waals surface area contributed by atoms with Crippen molar-refractivity contribution in [2.75, 3.05) is 6.54 Å². The first-order valence-electron chi connectivity index (χ1n) is 6.61. The Morgan fingerprint density at radius 3 is 2.72 bits per heavy atom. The van der Waals surface area contributed by atoms with E-state index in [1.807, 2.05) is 13.2 Å². The quantitative estimate of drug-likeness (QED) is 0.881. The summed E-state index contributed by atoms with van der Waals surface area (Å²) in [5.41, 5.74) is 8.84. The van der Waals surface area contributed by atoms with Gasteiger partial charge in [0.05, 0.1) is 5.02 Å². The van der Waals surface area contributed by atoms with Crippen LogP contribution in [-0.2, 0) is 12.5 Å². The summed E-state index contributed by atoms with van der Waals surface area (Å²) in [4.78, 5) is 0. The van der Waals surface area contributed by atoms with E-state index in [0.29, 0.717) is 0 Å². The zero-order chi connectivity index (χ0) is 12.8. The molecule has 1 aliphatic carbocycles. The lowest BCUT2D eigenvalue weighted by Crippen LogP contribution is -2.31. The molecule has 96 valence electrons. The van der Waals surface area contributed by atoms with Gasteiger partial charge >= 0.3 is 0 Å². The predicted molar refractivity (Wildman–Crippen MR) is 77.1 cm³/mol. The average molecular weight is 263 g/mol. The minimum Gasteiger partial charge on any atom is -0.349 e. The smallest absolute Gasteiger partial charge is 0.0661 e. The molecule has 2 aromatic rings. The van der Waals surface area contributed by atoms with Gasteiger partial charge in [-0.05, 0) is 24.5 Å². The number of nitrogens with two attached hydrogens (primary N) is 1. The van der Waals surface area contributed by atoms with E-state index in [1.165, 1.54) is 36.8 Å². The zero-order valence-corrected chi connectivity index (χ0v) is 11.5. The lowest BCUT2D eigenvalue weighted by Gasteiger charge is -2.28. The van der Waals surface area contributed by atoms with Crippen LogP contribution in [0.3, 0.4) is 0 Å². The molecule has 18 heavy (non-hydrogen) atoms. The highest BCUT2D eigenvalue weighted by atomic mass is 35.5. The van der Waals surface area contributed by atoms with Gasteiger partial charge in [-0.1, -0.05) is 36.6 Å². The van der Waals surface area contributed by atoms with Crippen molar-refractivity contribution in [2.45, 2.75) is 31.1 Å². The van der Waals surface area contributed by atoms with Crippen LogP contribution in [0.4, 0.5) is 0 Å². The highest BCUT2D eigenvalue weighted by Crippen LogP contribution is 2.41. The predicted octanol–water partition coefficient (Wildman–Crippen LogP) is 3.60. The Morgan fingerprint density at radius 1 is 1.33 bits per heavy atom. The zero-order valence-electron chi connectivity index (χ0n) is 10.7. The SMILES string of the molecule is Cn1cc(Cl)c2ccc(C3(CN)CCCC3)cc21. The molecule has 3 heteroatoms. The van der Waals surface area contributed by atoms with Gasteiger partial charge in [-0.2, -0.15) is 0 Å². The van der Waals surface area contributed by atoms with Crippen LogP contribution in [0.15, 0.2) is 24.4 Å². The van der Waals surface area contributed by atoms with E-state index in [-0.39, 0.29) is 5.41 Å². The fraction of sp³-hybridized carbons (Fsp3) is 0.467. The molecule has 0 bridgehead atoms. The maximum Gasteiger partial charge on any atom is 0.0661 e. The Morgan fingerprint density at radius 2 is 2.06 bits per heavy atom. The molecule has 1 saturated carbocycles. The number of aryl methyl sites for hydroxylation is 1. The van der Waals surface area contributed by atoms with Crippen LogP contribution in [-0.4, -0.2) is 11.1 Å². The van der Waals surface area contributed by atoms with Gasteiger partial charge in [0.1, 0.15) is 0 Å². The first-order valence-corrected chi connectivity index (χ1v) is 6.99. The van der Waals surface area contributed by atoms with Crippen LogP contribution in [0.2, 0.25) is 5.02 Å². The lowest BCUT2D eigenvalue weighted by molar-refractivity contribution is 0.453. The monoisotopic (exact) mass is 262 g/mol.